The highest BCUT2D eigenvalue weighted by Gasteiger charge is 2.25. The van der Waals surface area contributed by atoms with Gasteiger partial charge in [-0.2, -0.15) is 0 Å². The quantitative estimate of drug-likeness (QED) is 0.791. The smallest absolute Gasteiger partial charge is 0.0328 e. The summed E-state index contributed by atoms with van der Waals surface area (Å²) in [5.41, 5.74) is 0.562. The van der Waals surface area contributed by atoms with E-state index < -0.39 is 0 Å². The molecule has 1 aromatic rings. The topological polar surface area (TPSA) is 3.24 Å². The van der Waals surface area contributed by atoms with E-state index in [1.165, 1.54) is 35.3 Å². The van der Waals surface area contributed by atoms with Gasteiger partial charge in [-0.25, -0.2) is 0 Å². The molecule has 15 heavy (non-hydrogen) atoms. The maximum absolute atomic E-state index is 3.51. The first-order chi connectivity index (χ1) is 7.05. The number of likely N-dealkylation sites (tertiary alicyclic amines) is 1. The second kappa shape index (κ2) is 4.56. The second-order valence-electron chi connectivity index (χ2n) is 5.17. The molecule has 0 bridgehead atoms. The van der Waals surface area contributed by atoms with Gasteiger partial charge >= 0.3 is 0 Å². The summed E-state index contributed by atoms with van der Waals surface area (Å²) in [5.74, 6) is 0. The molecule has 0 aromatic carbocycles. The van der Waals surface area contributed by atoms with E-state index in [0.29, 0.717) is 5.41 Å². The molecule has 1 aliphatic rings. The Hall–Kier alpha value is 0.140. The van der Waals surface area contributed by atoms with E-state index in [4.69, 9.17) is 0 Å². The number of hydrogen-bond acceptors (Lipinski definition) is 2. The summed E-state index contributed by atoms with van der Waals surface area (Å²) in [4.78, 5) is 4.05. The van der Waals surface area contributed by atoms with Crippen molar-refractivity contribution >= 4 is 27.3 Å². The molecule has 0 saturated carbocycles. The maximum Gasteiger partial charge on any atom is 0.0328 e. The van der Waals surface area contributed by atoms with Crippen LogP contribution in [-0.4, -0.2) is 18.0 Å². The minimum Gasteiger partial charge on any atom is -0.298 e. The molecule has 1 saturated heterocycles. The highest BCUT2D eigenvalue weighted by Crippen LogP contribution is 2.31. The first kappa shape index (κ1) is 11.6. The monoisotopic (exact) mass is 287 g/mol. The molecule has 0 spiro atoms. The molecule has 1 nitrogen and oxygen atoms in total. The third-order valence-electron chi connectivity index (χ3n) is 3.21. The van der Waals surface area contributed by atoms with E-state index in [9.17, 15) is 0 Å². The Kier molecular flexibility index (Phi) is 3.53. The normalized spacial score (nSPS) is 21.8. The zero-order valence-corrected chi connectivity index (χ0v) is 11.8. The van der Waals surface area contributed by atoms with Crippen LogP contribution >= 0.6 is 27.3 Å². The highest BCUT2D eigenvalue weighted by molar-refractivity contribution is 9.10. The lowest BCUT2D eigenvalue weighted by Crippen LogP contribution is -2.36. The van der Waals surface area contributed by atoms with Gasteiger partial charge in [-0.15, -0.1) is 11.3 Å². The van der Waals surface area contributed by atoms with Gasteiger partial charge in [0.15, 0.2) is 0 Å². The maximum atomic E-state index is 3.51. The van der Waals surface area contributed by atoms with E-state index in [1.807, 2.05) is 11.3 Å². The number of piperidine rings is 1. The summed E-state index contributed by atoms with van der Waals surface area (Å²) in [5, 5.41) is 2.17. The molecule has 1 fully saturated rings. The van der Waals surface area contributed by atoms with Gasteiger partial charge in [-0.1, -0.05) is 13.8 Å². The van der Waals surface area contributed by atoms with Crippen LogP contribution in [0.25, 0.3) is 0 Å². The van der Waals surface area contributed by atoms with Gasteiger partial charge in [-0.05, 0) is 53.3 Å². The first-order valence-corrected chi connectivity index (χ1v) is 7.18. The third kappa shape index (κ3) is 3.30. The Balaban J connectivity index is 1.87. The van der Waals surface area contributed by atoms with Crippen molar-refractivity contribution in [2.24, 2.45) is 5.41 Å². The molecule has 0 N–H and O–H groups in total. The van der Waals surface area contributed by atoms with Crippen LogP contribution in [0.4, 0.5) is 0 Å². The van der Waals surface area contributed by atoms with Gasteiger partial charge in [0.1, 0.15) is 0 Å². The van der Waals surface area contributed by atoms with Crippen molar-refractivity contribution in [3.05, 3.63) is 20.8 Å². The SMILES string of the molecule is CC1(C)CCN(Cc2cc(Br)cs2)CC1. The molecule has 0 radical (unpaired) electrons. The zero-order valence-electron chi connectivity index (χ0n) is 9.42. The molecule has 2 rings (SSSR count). The van der Waals surface area contributed by atoms with Crippen molar-refractivity contribution in [1.82, 2.24) is 4.90 Å². The first-order valence-electron chi connectivity index (χ1n) is 5.50. The molecule has 0 amide bonds. The summed E-state index contributed by atoms with van der Waals surface area (Å²) < 4.78 is 1.22. The number of halogens is 1. The van der Waals surface area contributed by atoms with Crippen LogP contribution in [0.3, 0.4) is 0 Å². The Bertz CT molecular complexity index is 322. The summed E-state index contributed by atoms with van der Waals surface area (Å²) in [6.45, 7) is 8.40. The summed E-state index contributed by atoms with van der Waals surface area (Å²) in [6.07, 6.45) is 2.67. The van der Waals surface area contributed by atoms with Crippen molar-refractivity contribution in [2.45, 2.75) is 33.2 Å². The number of hydrogen-bond donors (Lipinski definition) is 0. The van der Waals surface area contributed by atoms with Crippen molar-refractivity contribution in [3.63, 3.8) is 0 Å². The van der Waals surface area contributed by atoms with E-state index >= 15 is 0 Å². The van der Waals surface area contributed by atoms with Gasteiger partial charge in [-0.3, -0.25) is 4.90 Å². The van der Waals surface area contributed by atoms with Gasteiger partial charge in [0.25, 0.3) is 0 Å². The van der Waals surface area contributed by atoms with Crippen molar-refractivity contribution in [2.75, 3.05) is 13.1 Å². The molecule has 1 aliphatic heterocycles. The van der Waals surface area contributed by atoms with Crippen molar-refractivity contribution in [3.8, 4) is 0 Å². The largest absolute Gasteiger partial charge is 0.298 e. The fourth-order valence-corrected chi connectivity index (χ4v) is 3.47. The molecular weight excluding hydrogens is 270 g/mol. The number of thiophene rings is 1. The Labute approximate surface area is 105 Å². The lowest BCUT2D eigenvalue weighted by atomic mass is 9.83. The lowest BCUT2D eigenvalue weighted by Gasteiger charge is -2.36. The van der Waals surface area contributed by atoms with Gasteiger partial charge in [0, 0.05) is 21.3 Å². The van der Waals surface area contributed by atoms with Crippen molar-refractivity contribution < 1.29 is 0 Å². The molecule has 2 heterocycles. The van der Waals surface area contributed by atoms with E-state index in [0.717, 1.165) is 6.54 Å². The van der Waals surface area contributed by atoms with Crippen LogP contribution in [0.15, 0.2) is 15.9 Å². The van der Waals surface area contributed by atoms with Crippen LogP contribution in [-0.2, 0) is 6.54 Å². The van der Waals surface area contributed by atoms with Crippen LogP contribution in [0.5, 0.6) is 0 Å². The minimum atomic E-state index is 0.562. The van der Waals surface area contributed by atoms with Crippen molar-refractivity contribution in [1.29, 1.82) is 0 Å². The molecule has 0 atom stereocenters. The fraction of sp³-hybridized carbons (Fsp3) is 0.667. The van der Waals surface area contributed by atoms with E-state index in [1.54, 1.807) is 0 Å². The van der Waals surface area contributed by atoms with Crippen LogP contribution in [0.1, 0.15) is 31.6 Å². The predicted molar refractivity (Wildman–Crippen MR) is 70.3 cm³/mol. The molecule has 1 aromatic heterocycles. The summed E-state index contributed by atoms with van der Waals surface area (Å²) >= 11 is 5.36. The van der Waals surface area contributed by atoms with Gasteiger partial charge in [0.05, 0.1) is 0 Å². The number of nitrogens with zero attached hydrogens (tertiary/aromatic N) is 1. The Morgan fingerprint density at radius 1 is 1.40 bits per heavy atom. The number of rotatable bonds is 2. The zero-order chi connectivity index (χ0) is 10.9. The molecule has 84 valence electrons. The molecule has 3 heteroatoms. The average Bonchev–Trinajstić information content (AvgIpc) is 2.55. The molecular formula is C12H18BrNS. The summed E-state index contributed by atoms with van der Waals surface area (Å²) in [6, 6.07) is 2.24. The standard InChI is InChI=1S/C12H18BrNS/c1-12(2)3-5-14(6-4-12)8-11-7-10(13)9-15-11/h7,9H,3-6,8H2,1-2H3. The lowest BCUT2D eigenvalue weighted by molar-refractivity contribution is 0.128. The van der Waals surface area contributed by atoms with E-state index in [2.05, 4.69) is 46.1 Å². The fourth-order valence-electron chi connectivity index (χ4n) is 1.97. The second-order valence-corrected chi connectivity index (χ2v) is 7.08. The van der Waals surface area contributed by atoms with Crippen LogP contribution in [0.2, 0.25) is 0 Å². The minimum absolute atomic E-state index is 0.562. The molecule has 0 aliphatic carbocycles. The van der Waals surface area contributed by atoms with E-state index in [-0.39, 0.29) is 0 Å². The Morgan fingerprint density at radius 2 is 2.07 bits per heavy atom. The molecule has 0 unspecified atom stereocenters. The average molecular weight is 288 g/mol. The predicted octanol–water partition coefficient (Wildman–Crippen LogP) is 4.13. The summed E-state index contributed by atoms with van der Waals surface area (Å²) in [7, 11) is 0. The Morgan fingerprint density at radius 3 is 2.60 bits per heavy atom. The highest BCUT2D eigenvalue weighted by atomic mass is 79.9. The van der Waals surface area contributed by atoms with Gasteiger partial charge < -0.3 is 0 Å². The van der Waals surface area contributed by atoms with Crippen LogP contribution < -0.4 is 0 Å². The van der Waals surface area contributed by atoms with Crippen LogP contribution in [0, 0.1) is 5.41 Å². The van der Waals surface area contributed by atoms with Gasteiger partial charge in [0.2, 0.25) is 0 Å². The third-order valence-corrected chi connectivity index (χ3v) is 4.89.